The summed E-state index contributed by atoms with van der Waals surface area (Å²) >= 11 is 6.34. The lowest BCUT2D eigenvalue weighted by molar-refractivity contribution is 0.747. The van der Waals surface area contributed by atoms with Crippen LogP contribution in [0.15, 0.2) is 83.9 Å². The predicted octanol–water partition coefficient (Wildman–Crippen LogP) is 5.29. The quantitative estimate of drug-likeness (QED) is 0.366. The number of benzene rings is 3. The Labute approximate surface area is 193 Å². The topological polar surface area (TPSA) is 65.6 Å². The summed E-state index contributed by atoms with van der Waals surface area (Å²) in [6.45, 7) is 2.35. The van der Waals surface area contributed by atoms with Crippen molar-refractivity contribution in [3.63, 3.8) is 0 Å². The number of halogens is 1. The van der Waals surface area contributed by atoms with E-state index in [9.17, 15) is 4.79 Å². The van der Waals surface area contributed by atoms with Crippen LogP contribution in [0.5, 0.6) is 0 Å². The Morgan fingerprint density at radius 2 is 1.64 bits per heavy atom. The van der Waals surface area contributed by atoms with E-state index < -0.39 is 0 Å². The molecule has 0 atom stereocenters. The van der Waals surface area contributed by atoms with Crippen LogP contribution in [0.2, 0.25) is 5.02 Å². The molecule has 0 aliphatic rings. The molecule has 0 radical (unpaired) electrons. The van der Waals surface area contributed by atoms with Gasteiger partial charge in [-0.15, -0.1) is 0 Å². The zero-order chi connectivity index (χ0) is 22.5. The van der Waals surface area contributed by atoms with E-state index in [0.717, 1.165) is 27.8 Å². The molecule has 0 aliphatic heterocycles. The van der Waals surface area contributed by atoms with E-state index in [4.69, 9.17) is 26.6 Å². The lowest BCUT2D eigenvalue weighted by Crippen LogP contribution is -2.21. The van der Waals surface area contributed by atoms with Gasteiger partial charge in [0, 0.05) is 10.7 Å². The SMILES string of the molecule is Cc1cccc(-n2c3nc4ccccc4nc3c3c(=O)n(Cc4ccccc4Cl)cnc32)c1. The van der Waals surface area contributed by atoms with E-state index >= 15 is 0 Å². The van der Waals surface area contributed by atoms with E-state index in [-0.39, 0.29) is 5.56 Å². The highest BCUT2D eigenvalue weighted by atomic mass is 35.5. The van der Waals surface area contributed by atoms with Crippen LogP contribution in [-0.4, -0.2) is 24.1 Å². The molecule has 0 N–H and O–H groups in total. The minimum atomic E-state index is -0.180. The Kier molecular flexibility index (Phi) is 4.48. The second-order valence-corrected chi connectivity index (χ2v) is 8.43. The largest absolute Gasteiger partial charge is 0.294 e. The molecule has 0 fully saturated rings. The van der Waals surface area contributed by atoms with Gasteiger partial charge in [-0.1, -0.05) is 54.1 Å². The predicted molar refractivity (Wildman–Crippen MR) is 131 cm³/mol. The van der Waals surface area contributed by atoms with Gasteiger partial charge >= 0.3 is 0 Å². The van der Waals surface area contributed by atoms with Crippen LogP contribution in [0.3, 0.4) is 0 Å². The monoisotopic (exact) mass is 451 g/mol. The van der Waals surface area contributed by atoms with Gasteiger partial charge in [0.2, 0.25) is 0 Å². The number of hydrogen-bond acceptors (Lipinski definition) is 4. The van der Waals surface area contributed by atoms with Gasteiger partial charge in [-0.2, -0.15) is 0 Å². The zero-order valence-corrected chi connectivity index (χ0v) is 18.5. The molecule has 3 heterocycles. The standard InChI is InChI=1S/C26H18ClN5O/c1-16-7-6-9-18(13-16)32-24-22(23-25(32)30-21-12-5-4-11-20(21)29-23)26(33)31(15-28-24)14-17-8-2-3-10-19(17)27/h2-13,15H,14H2,1H3. The third-order valence-corrected chi connectivity index (χ3v) is 6.16. The van der Waals surface area contributed by atoms with Crippen molar-refractivity contribution in [2.24, 2.45) is 0 Å². The van der Waals surface area contributed by atoms with Crippen molar-refractivity contribution in [1.29, 1.82) is 0 Å². The van der Waals surface area contributed by atoms with Crippen molar-refractivity contribution in [3.05, 3.63) is 106 Å². The fourth-order valence-corrected chi connectivity index (χ4v) is 4.40. The number of hydrogen-bond donors (Lipinski definition) is 0. The van der Waals surface area contributed by atoms with Crippen LogP contribution < -0.4 is 5.56 Å². The zero-order valence-electron chi connectivity index (χ0n) is 17.7. The summed E-state index contributed by atoms with van der Waals surface area (Å²) < 4.78 is 3.48. The molecule has 0 saturated carbocycles. The number of rotatable bonds is 3. The molecule has 6 nitrogen and oxygen atoms in total. The molecule has 160 valence electrons. The van der Waals surface area contributed by atoms with Gasteiger partial charge < -0.3 is 0 Å². The Hall–Kier alpha value is -4.03. The Bertz CT molecular complexity index is 1750. The number of aromatic nitrogens is 5. The fourth-order valence-electron chi connectivity index (χ4n) is 4.21. The summed E-state index contributed by atoms with van der Waals surface area (Å²) in [6.07, 6.45) is 1.57. The first kappa shape index (κ1) is 19.6. The third-order valence-electron chi connectivity index (χ3n) is 5.79. The highest BCUT2D eigenvalue weighted by Gasteiger charge is 2.21. The molecular weight excluding hydrogens is 434 g/mol. The van der Waals surface area contributed by atoms with Gasteiger partial charge in [-0.3, -0.25) is 13.9 Å². The molecule has 3 aromatic carbocycles. The van der Waals surface area contributed by atoms with Crippen molar-refractivity contribution in [2.75, 3.05) is 0 Å². The van der Waals surface area contributed by atoms with E-state index in [2.05, 4.69) is 0 Å². The summed E-state index contributed by atoms with van der Waals surface area (Å²) in [5.74, 6) is 0. The normalized spacial score (nSPS) is 11.6. The van der Waals surface area contributed by atoms with Crippen LogP contribution in [0.25, 0.3) is 38.9 Å². The van der Waals surface area contributed by atoms with Crippen LogP contribution in [0.1, 0.15) is 11.1 Å². The molecule has 6 rings (SSSR count). The number of para-hydroxylation sites is 2. The third kappa shape index (κ3) is 3.18. The molecule has 0 saturated heterocycles. The second kappa shape index (κ2) is 7.53. The Morgan fingerprint density at radius 1 is 0.879 bits per heavy atom. The van der Waals surface area contributed by atoms with E-state index in [1.165, 1.54) is 0 Å². The first-order chi connectivity index (χ1) is 16.1. The summed E-state index contributed by atoms with van der Waals surface area (Å²) in [7, 11) is 0. The first-order valence-electron chi connectivity index (χ1n) is 10.6. The molecule has 0 spiro atoms. The van der Waals surface area contributed by atoms with Gasteiger partial charge in [0.25, 0.3) is 5.56 Å². The molecule has 33 heavy (non-hydrogen) atoms. The molecule has 0 bridgehead atoms. The summed E-state index contributed by atoms with van der Waals surface area (Å²) in [6, 6.07) is 23.2. The number of aryl methyl sites for hydroxylation is 1. The molecule has 6 aromatic rings. The van der Waals surface area contributed by atoms with Gasteiger partial charge in [0.1, 0.15) is 17.2 Å². The van der Waals surface area contributed by atoms with Gasteiger partial charge in [-0.25, -0.2) is 15.0 Å². The van der Waals surface area contributed by atoms with Gasteiger partial charge in [-0.05, 0) is 48.4 Å². The number of nitrogens with zero attached hydrogens (tertiary/aromatic N) is 5. The fraction of sp³-hybridized carbons (Fsp3) is 0.0769. The van der Waals surface area contributed by atoms with Crippen LogP contribution in [0.4, 0.5) is 0 Å². The highest BCUT2D eigenvalue weighted by Crippen LogP contribution is 2.28. The van der Waals surface area contributed by atoms with Crippen LogP contribution in [-0.2, 0) is 6.54 Å². The van der Waals surface area contributed by atoms with Crippen molar-refractivity contribution >= 4 is 44.8 Å². The summed E-state index contributed by atoms with van der Waals surface area (Å²) in [5.41, 5.74) is 5.82. The molecule has 3 aromatic heterocycles. The van der Waals surface area contributed by atoms with Crippen molar-refractivity contribution in [3.8, 4) is 5.69 Å². The molecule has 0 aliphatic carbocycles. The van der Waals surface area contributed by atoms with E-state index in [1.54, 1.807) is 10.9 Å². The van der Waals surface area contributed by atoms with Crippen molar-refractivity contribution < 1.29 is 0 Å². The summed E-state index contributed by atoms with van der Waals surface area (Å²) in [5, 5.41) is 1.05. The maximum Gasteiger partial charge on any atom is 0.265 e. The van der Waals surface area contributed by atoms with Gasteiger partial charge in [0.05, 0.1) is 17.6 Å². The molecular formula is C26H18ClN5O. The lowest BCUT2D eigenvalue weighted by Gasteiger charge is -2.09. The van der Waals surface area contributed by atoms with Crippen molar-refractivity contribution in [1.82, 2.24) is 24.1 Å². The van der Waals surface area contributed by atoms with E-state index in [0.29, 0.717) is 33.8 Å². The van der Waals surface area contributed by atoms with Gasteiger partial charge in [0.15, 0.2) is 11.3 Å². The summed E-state index contributed by atoms with van der Waals surface area (Å²) in [4.78, 5) is 28.1. The van der Waals surface area contributed by atoms with Crippen LogP contribution >= 0.6 is 11.6 Å². The molecule has 0 amide bonds. The highest BCUT2D eigenvalue weighted by molar-refractivity contribution is 6.31. The lowest BCUT2D eigenvalue weighted by atomic mass is 10.2. The molecule has 7 heteroatoms. The minimum Gasteiger partial charge on any atom is -0.294 e. The van der Waals surface area contributed by atoms with E-state index in [1.807, 2.05) is 84.3 Å². The first-order valence-corrected chi connectivity index (χ1v) is 10.9. The number of fused-ring (bicyclic) bond motifs is 4. The average molecular weight is 452 g/mol. The minimum absolute atomic E-state index is 0.180. The smallest absolute Gasteiger partial charge is 0.265 e. The van der Waals surface area contributed by atoms with Crippen molar-refractivity contribution in [2.45, 2.75) is 13.5 Å². The Morgan fingerprint density at radius 3 is 2.42 bits per heavy atom. The molecule has 0 unspecified atom stereocenters. The Balaban J connectivity index is 1.70. The maximum atomic E-state index is 13.7. The average Bonchev–Trinajstić information content (AvgIpc) is 3.14. The second-order valence-electron chi connectivity index (χ2n) is 8.03. The van der Waals surface area contributed by atoms with Crippen LogP contribution in [0, 0.1) is 6.92 Å². The maximum absolute atomic E-state index is 13.7.